The van der Waals surface area contributed by atoms with Crippen LogP contribution >= 0.6 is 11.6 Å². The SMILES string of the molecule is Cc1ccc(CN(C(=O)Cc2cccc(Cl)c2)[C@H](C)C(=O)NC(C)C)cc1. The van der Waals surface area contributed by atoms with Crippen molar-refractivity contribution >= 4 is 23.4 Å². The van der Waals surface area contributed by atoms with Crippen molar-refractivity contribution in [3.63, 3.8) is 0 Å². The number of carbonyl (C=O) groups is 2. The van der Waals surface area contributed by atoms with Gasteiger partial charge in [-0.15, -0.1) is 0 Å². The Balaban J connectivity index is 2.22. The Hall–Kier alpha value is -2.33. The van der Waals surface area contributed by atoms with Gasteiger partial charge in [-0.3, -0.25) is 9.59 Å². The van der Waals surface area contributed by atoms with Crippen molar-refractivity contribution in [3.05, 3.63) is 70.2 Å². The molecule has 0 saturated carbocycles. The number of rotatable bonds is 7. The maximum Gasteiger partial charge on any atom is 0.242 e. The molecular weight excluding hydrogens is 360 g/mol. The van der Waals surface area contributed by atoms with Crippen LogP contribution in [0, 0.1) is 6.92 Å². The third-order valence-electron chi connectivity index (χ3n) is 4.32. The lowest BCUT2D eigenvalue weighted by atomic mass is 10.1. The summed E-state index contributed by atoms with van der Waals surface area (Å²) < 4.78 is 0. The van der Waals surface area contributed by atoms with Gasteiger partial charge in [0.25, 0.3) is 0 Å². The lowest BCUT2D eigenvalue weighted by Gasteiger charge is -2.29. The zero-order chi connectivity index (χ0) is 20.0. The van der Waals surface area contributed by atoms with Crippen molar-refractivity contribution in [3.8, 4) is 0 Å². The fourth-order valence-corrected chi connectivity index (χ4v) is 3.01. The van der Waals surface area contributed by atoms with Crippen LogP contribution in [0.3, 0.4) is 0 Å². The van der Waals surface area contributed by atoms with E-state index in [0.29, 0.717) is 11.6 Å². The highest BCUT2D eigenvalue weighted by Crippen LogP contribution is 2.16. The van der Waals surface area contributed by atoms with Gasteiger partial charge in [0.1, 0.15) is 6.04 Å². The molecule has 0 heterocycles. The molecule has 4 nitrogen and oxygen atoms in total. The van der Waals surface area contributed by atoms with E-state index in [4.69, 9.17) is 11.6 Å². The molecule has 0 aliphatic carbocycles. The van der Waals surface area contributed by atoms with Crippen LogP contribution in [0.2, 0.25) is 5.02 Å². The Bertz CT molecular complexity index is 787. The molecule has 2 aromatic carbocycles. The minimum absolute atomic E-state index is 0.0178. The van der Waals surface area contributed by atoms with Crippen molar-refractivity contribution in [2.45, 2.75) is 52.7 Å². The van der Waals surface area contributed by atoms with Crippen molar-refractivity contribution in [2.75, 3.05) is 0 Å². The molecule has 0 fully saturated rings. The molecule has 5 heteroatoms. The minimum atomic E-state index is -0.569. The molecule has 2 aromatic rings. The Kier molecular flexibility index (Phi) is 7.43. The third-order valence-corrected chi connectivity index (χ3v) is 4.55. The molecule has 0 saturated heterocycles. The van der Waals surface area contributed by atoms with Gasteiger partial charge in [-0.05, 0) is 51.0 Å². The highest BCUT2D eigenvalue weighted by Gasteiger charge is 2.26. The summed E-state index contributed by atoms with van der Waals surface area (Å²) in [4.78, 5) is 27.2. The van der Waals surface area contributed by atoms with E-state index < -0.39 is 6.04 Å². The molecule has 0 aromatic heterocycles. The molecule has 0 aliphatic rings. The predicted octanol–water partition coefficient (Wildman–Crippen LogP) is 4.13. The summed E-state index contributed by atoms with van der Waals surface area (Å²) in [6.45, 7) is 7.98. The molecule has 144 valence electrons. The molecule has 27 heavy (non-hydrogen) atoms. The van der Waals surface area contributed by atoms with Crippen LogP contribution in [0.25, 0.3) is 0 Å². The van der Waals surface area contributed by atoms with E-state index in [-0.39, 0.29) is 24.3 Å². The van der Waals surface area contributed by atoms with Gasteiger partial charge in [0.15, 0.2) is 0 Å². The second-order valence-corrected chi connectivity index (χ2v) is 7.59. The molecule has 2 rings (SSSR count). The molecule has 2 amide bonds. The highest BCUT2D eigenvalue weighted by atomic mass is 35.5. The largest absolute Gasteiger partial charge is 0.352 e. The van der Waals surface area contributed by atoms with Gasteiger partial charge < -0.3 is 10.2 Å². The van der Waals surface area contributed by atoms with Crippen LogP contribution in [-0.4, -0.2) is 28.8 Å². The molecule has 1 atom stereocenters. The van der Waals surface area contributed by atoms with Gasteiger partial charge in [-0.25, -0.2) is 0 Å². The molecule has 0 aliphatic heterocycles. The number of halogens is 1. The Morgan fingerprint density at radius 2 is 1.70 bits per heavy atom. The monoisotopic (exact) mass is 386 g/mol. The molecular formula is C22H27ClN2O2. The average molecular weight is 387 g/mol. The lowest BCUT2D eigenvalue weighted by Crippen LogP contribution is -2.49. The number of nitrogens with zero attached hydrogens (tertiary/aromatic N) is 1. The number of amides is 2. The van der Waals surface area contributed by atoms with Gasteiger partial charge >= 0.3 is 0 Å². The highest BCUT2D eigenvalue weighted by molar-refractivity contribution is 6.30. The maximum absolute atomic E-state index is 13.0. The van der Waals surface area contributed by atoms with E-state index in [0.717, 1.165) is 16.7 Å². The summed E-state index contributed by atoms with van der Waals surface area (Å²) in [5.41, 5.74) is 2.98. The standard InChI is InChI=1S/C22H27ClN2O2/c1-15(2)24-22(27)17(4)25(14-18-10-8-16(3)9-11-18)21(26)13-19-6-5-7-20(23)12-19/h5-12,15,17H,13-14H2,1-4H3,(H,24,27)/t17-/m1/s1. The first-order valence-corrected chi connectivity index (χ1v) is 9.54. The summed E-state index contributed by atoms with van der Waals surface area (Å²) in [7, 11) is 0. The van der Waals surface area contributed by atoms with Crippen molar-refractivity contribution in [1.82, 2.24) is 10.2 Å². The molecule has 0 bridgehead atoms. The van der Waals surface area contributed by atoms with Gasteiger partial charge in [-0.1, -0.05) is 53.6 Å². The van der Waals surface area contributed by atoms with Crippen LogP contribution in [0.15, 0.2) is 48.5 Å². The van der Waals surface area contributed by atoms with E-state index >= 15 is 0 Å². The fourth-order valence-electron chi connectivity index (χ4n) is 2.80. The first-order chi connectivity index (χ1) is 12.8. The zero-order valence-electron chi connectivity index (χ0n) is 16.3. The second kappa shape index (κ2) is 9.56. The van der Waals surface area contributed by atoms with Crippen LogP contribution in [-0.2, 0) is 22.6 Å². The van der Waals surface area contributed by atoms with E-state index in [1.165, 1.54) is 0 Å². The normalized spacial score (nSPS) is 11.9. The van der Waals surface area contributed by atoms with Gasteiger partial charge in [-0.2, -0.15) is 0 Å². The van der Waals surface area contributed by atoms with E-state index in [1.54, 1.807) is 24.0 Å². The van der Waals surface area contributed by atoms with Crippen LogP contribution in [0.4, 0.5) is 0 Å². The van der Waals surface area contributed by atoms with Crippen molar-refractivity contribution in [1.29, 1.82) is 0 Å². The average Bonchev–Trinajstić information content (AvgIpc) is 2.60. The minimum Gasteiger partial charge on any atom is -0.352 e. The van der Waals surface area contributed by atoms with Crippen molar-refractivity contribution < 1.29 is 9.59 Å². The quantitative estimate of drug-likeness (QED) is 0.777. The smallest absolute Gasteiger partial charge is 0.242 e. The maximum atomic E-state index is 13.0. The van der Waals surface area contributed by atoms with Gasteiger partial charge in [0, 0.05) is 17.6 Å². The molecule has 1 N–H and O–H groups in total. The number of carbonyl (C=O) groups excluding carboxylic acids is 2. The Morgan fingerprint density at radius 1 is 1.04 bits per heavy atom. The third kappa shape index (κ3) is 6.40. The van der Waals surface area contributed by atoms with Crippen LogP contribution < -0.4 is 5.32 Å². The summed E-state index contributed by atoms with van der Waals surface area (Å²) in [6.07, 6.45) is 0.200. The van der Waals surface area contributed by atoms with E-state index in [9.17, 15) is 9.59 Å². The summed E-state index contributed by atoms with van der Waals surface area (Å²) in [5.74, 6) is -0.263. The van der Waals surface area contributed by atoms with Gasteiger partial charge in [0.05, 0.1) is 6.42 Å². The zero-order valence-corrected chi connectivity index (χ0v) is 17.1. The predicted molar refractivity (Wildman–Crippen MR) is 110 cm³/mol. The van der Waals surface area contributed by atoms with Crippen molar-refractivity contribution in [2.24, 2.45) is 0 Å². The summed E-state index contributed by atoms with van der Waals surface area (Å²) >= 11 is 6.03. The van der Waals surface area contributed by atoms with Gasteiger partial charge in [0.2, 0.25) is 11.8 Å². The molecule has 0 radical (unpaired) electrons. The summed E-state index contributed by atoms with van der Waals surface area (Å²) in [6, 6.07) is 14.7. The number of hydrogen-bond donors (Lipinski definition) is 1. The molecule has 0 unspecified atom stereocenters. The first-order valence-electron chi connectivity index (χ1n) is 9.16. The number of nitrogens with one attached hydrogen (secondary N) is 1. The van der Waals surface area contributed by atoms with E-state index in [2.05, 4.69) is 5.32 Å². The Morgan fingerprint density at radius 3 is 2.30 bits per heavy atom. The Labute approximate surface area is 166 Å². The second-order valence-electron chi connectivity index (χ2n) is 7.15. The fraction of sp³-hybridized carbons (Fsp3) is 0.364. The van der Waals surface area contributed by atoms with Crippen LogP contribution in [0.1, 0.15) is 37.5 Å². The topological polar surface area (TPSA) is 49.4 Å². The van der Waals surface area contributed by atoms with Crippen LogP contribution in [0.5, 0.6) is 0 Å². The van der Waals surface area contributed by atoms with E-state index in [1.807, 2.05) is 57.2 Å². The number of aryl methyl sites for hydroxylation is 1. The lowest BCUT2D eigenvalue weighted by molar-refractivity contribution is -0.140. The molecule has 0 spiro atoms. The first kappa shape index (κ1) is 21.0. The number of benzene rings is 2. The number of hydrogen-bond acceptors (Lipinski definition) is 2. The summed E-state index contributed by atoms with van der Waals surface area (Å²) in [5, 5.41) is 3.49.